The summed E-state index contributed by atoms with van der Waals surface area (Å²) < 4.78 is 13.7. The summed E-state index contributed by atoms with van der Waals surface area (Å²) in [7, 11) is 0. The molecule has 0 atom stereocenters. The number of furan rings is 1. The van der Waals surface area contributed by atoms with Gasteiger partial charge in [0.05, 0.1) is 33.1 Å². The van der Waals surface area contributed by atoms with Gasteiger partial charge in [-0.3, -0.25) is 4.57 Å². The lowest BCUT2D eigenvalue weighted by atomic mass is 10.0. The molecule has 6 heteroatoms. The Morgan fingerprint density at radius 1 is 0.286 bits per heavy atom. The molecule has 0 bridgehead atoms. The van der Waals surface area contributed by atoms with E-state index in [1.165, 1.54) is 43.6 Å². The molecule has 15 aromatic rings. The number of hydrogen-bond acceptors (Lipinski definition) is 3. The van der Waals surface area contributed by atoms with Crippen LogP contribution in [0.4, 0.5) is 0 Å². The van der Waals surface area contributed by atoms with E-state index in [4.69, 9.17) is 14.4 Å². The minimum atomic E-state index is 0.581. The molecule has 0 saturated carbocycles. The Balaban J connectivity index is 0.923. The van der Waals surface area contributed by atoms with Gasteiger partial charge in [-0.25, -0.2) is 9.97 Å². The average molecular weight is 894 g/mol. The second-order valence-electron chi connectivity index (χ2n) is 18.2. The maximum atomic E-state index is 6.79. The first kappa shape index (κ1) is 38.6. The fourth-order valence-electron chi connectivity index (χ4n) is 11.1. The van der Waals surface area contributed by atoms with Gasteiger partial charge in [0.1, 0.15) is 16.8 Å². The molecule has 0 spiro atoms. The third-order valence-corrected chi connectivity index (χ3v) is 14.3. The van der Waals surface area contributed by atoms with Crippen molar-refractivity contribution in [3.05, 3.63) is 237 Å². The number of rotatable bonds is 6. The van der Waals surface area contributed by atoms with E-state index in [1.807, 2.05) is 6.07 Å². The maximum Gasteiger partial charge on any atom is 0.236 e. The fraction of sp³-hybridized carbons (Fsp3) is 0. The van der Waals surface area contributed by atoms with Gasteiger partial charge in [-0.05, 0) is 101 Å². The van der Waals surface area contributed by atoms with Crippen LogP contribution in [0.1, 0.15) is 0 Å². The molecule has 326 valence electrons. The summed E-state index contributed by atoms with van der Waals surface area (Å²) in [6.45, 7) is 0. The highest BCUT2D eigenvalue weighted by Gasteiger charge is 2.23. The van der Waals surface area contributed by atoms with Crippen molar-refractivity contribution in [2.24, 2.45) is 0 Å². The van der Waals surface area contributed by atoms with Crippen molar-refractivity contribution in [1.29, 1.82) is 0 Å². The van der Waals surface area contributed by atoms with Crippen molar-refractivity contribution < 1.29 is 4.42 Å². The maximum absolute atomic E-state index is 6.79. The zero-order valence-electron chi connectivity index (χ0n) is 37.7. The Morgan fingerprint density at radius 2 is 0.757 bits per heavy atom. The van der Waals surface area contributed by atoms with E-state index < -0.39 is 0 Å². The lowest BCUT2D eigenvalue weighted by Crippen LogP contribution is -2.03. The lowest BCUT2D eigenvalue weighted by molar-refractivity contribution is 0.666. The van der Waals surface area contributed by atoms with Crippen molar-refractivity contribution in [1.82, 2.24) is 23.7 Å². The molecule has 0 unspecified atom stereocenters. The molecule has 15 rings (SSSR count). The van der Waals surface area contributed by atoms with Gasteiger partial charge in [-0.15, -0.1) is 0 Å². The molecule has 0 fully saturated rings. The van der Waals surface area contributed by atoms with Crippen LogP contribution in [0.15, 0.2) is 241 Å². The summed E-state index contributed by atoms with van der Waals surface area (Å²) >= 11 is 0. The van der Waals surface area contributed by atoms with E-state index in [2.05, 4.69) is 244 Å². The summed E-state index contributed by atoms with van der Waals surface area (Å²) in [6, 6.07) is 84.4. The normalized spacial score (nSPS) is 12.0. The number of para-hydroxylation sites is 5. The van der Waals surface area contributed by atoms with E-state index in [-0.39, 0.29) is 0 Å². The van der Waals surface area contributed by atoms with Crippen molar-refractivity contribution in [3.63, 3.8) is 0 Å². The Kier molecular flexibility index (Phi) is 8.26. The number of hydrogen-bond donors (Lipinski definition) is 0. The van der Waals surface area contributed by atoms with Crippen LogP contribution >= 0.6 is 0 Å². The number of nitrogens with zero attached hydrogens (tertiary/aromatic N) is 5. The van der Waals surface area contributed by atoms with Gasteiger partial charge >= 0.3 is 0 Å². The first-order valence-corrected chi connectivity index (χ1v) is 23.7. The standard InChI is InChI=1S/C64H39N5O/c1-3-16-40(17-4-1)61-63-62(53-38-43(32-35-60(53)70-63)41-18-15-21-46(36-41)68-54-26-11-7-22-47(54)48-23-8-12-27-55(48)68)66-64(65-61)69-57-29-14-9-24-49(57)51-33-30-44(39-59(51)69)42-31-34-58-52(37-42)50-25-10-13-28-56(50)67(58)45-19-5-2-6-20-45/h1-39H. The summed E-state index contributed by atoms with van der Waals surface area (Å²) in [4.78, 5) is 11.0. The molecule has 10 aromatic carbocycles. The molecule has 70 heavy (non-hydrogen) atoms. The molecular formula is C64H39N5O. The molecule has 5 aromatic heterocycles. The molecular weight excluding hydrogens is 855 g/mol. The van der Waals surface area contributed by atoms with E-state index in [9.17, 15) is 0 Å². The molecule has 0 aliphatic heterocycles. The molecule has 6 nitrogen and oxygen atoms in total. The molecule has 0 N–H and O–H groups in total. The van der Waals surface area contributed by atoms with Crippen LogP contribution in [0.2, 0.25) is 0 Å². The van der Waals surface area contributed by atoms with Gasteiger partial charge in [0, 0.05) is 54.6 Å². The van der Waals surface area contributed by atoms with Crippen molar-refractivity contribution >= 4 is 87.5 Å². The first-order valence-electron chi connectivity index (χ1n) is 23.7. The van der Waals surface area contributed by atoms with Crippen molar-refractivity contribution in [3.8, 4) is 50.8 Å². The quantitative estimate of drug-likeness (QED) is 0.167. The number of benzene rings is 10. The summed E-state index contributed by atoms with van der Waals surface area (Å²) in [6.07, 6.45) is 0. The van der Waals surface area contributed by atoms with Gasteiger partial charge in [-0.2, -0.15) is 0 Å². The molecule has 5 heterocycles. The second-order valence-corrected chi connectivity index (χ2v) is 18.2. The van der Waals surface area contributed by atoms with E-state index in [0.29, 0.717) is 11.5 Å². The largest absolute Gasteiger partial charge is 0.452 e. The van der Waals surface area contributed by atoms with E-state index >= 15 is 0 Å². The van der Waals surface area contributed by atoms with Crippen LogP contribution in [0.5, 0.6) is 0 Å². The van der Waals surface area contributed by atoms with Crippen LogP contribution in [-0.2, 0) is 0 Å². The molecule has 0 amide bonds. The van der Waals surface area contributed by atoms with Gasteiger partial charge in [0.25, 0.3) is 0 Å². The topological polar surface area (TPSA) is 53.7 Å². The second kappa shape index (κ2) is 15.0. The molecule has 0 saturated heterocycles. The Morgan fingerprint density at radius 3 is 1.44 bits per heavy atom. The van der Waals surface area contributed by atoms with E-state index in [0.717, 1.165) is 83.2 Å². The smallest absolute Gasteiger partial charge is 0.236 e. The van der Waals surface area contributed by atoms with Crippen LogP contribution in [-0.4, -0.2) is 23.7 Å². The van der Waals surface area contributed by atoms with Gasteiger partial charge < -0.3 is 13.6 Å². The van der Waals surface area contributed by atoms with Gasteiger partial charge in [0.15, 0.2) is 5.58 Å². The Labute approximate surface area is 401 Å². The van der Waals surface area contributed by atoms with Crippen LogP contribution in [0.25, 0.3) is 138 Å². The molecule has 0 aliphatic carbocycles. The summed E-state index contributed by atoms with van der Waals surface area (Å²) in [5.41, 5.74) is 17.3. The highest BCUT2D eigenvalue weighted by atomic mass is 16.3. The summed E-state index contributed by atoms with van der Waals surface area (Å²) in [5.74, 6) is 0.581. The molecule has 0 radical (unpaired) electrons. The van der Waals surface area contributed by atoms with Crippen LogP contribution in [0.3, 0.4) is 0 Å². The van der Waals surface area contributed by atoms with E-state index in [1.54, 1.807) is 0 Å². The zero-order valence-corrected chi connectivity index (χ0v) is 37.7. The van der Waals surface area contributed by atoms with Gasteiger partial charge in [-0.1, -0.05) is 158 Å². The highest BCUT2D eigenvalue weighted by Crippen LogP contribution is 2.41. The Bertz CT molecular complexity index is 4540. The lowest BCUT2D eigenvalue weighted by Gasteiger charge is -2.11. The van der Waals surface area contributed by atoms with Crippen molar-refractivity contribution in [2.75, 3.05) is 0 Å². The predicted molar refractivity (Wildman–Crippen MR) is 289 cm³/mol. The Hall–Kier alpha value is -9.52. The zero-order chi connectivity index (χ0) is 45.9. The predicted octanol–water partition coefficient (Wildman–Crippen LogP) is 16.7. The minimum absolute atomic E-state index is 0.581. The number of aromatic nitrogens is 5. The average Bonchev–Trinajstić information content (AvgIpc) is 4.17. The van der Waals surface area contributed by atoms with Crippen molar-refractivity contribution in [2.45, 2.75) is 0 Å². The van der Waals surface area contributed by atoms with Gasteiger partial charge in [0.2, 0.25) is 5.95 Å². The molecule has 0 aliphatic rings. The fourth-order valence-corrected chi connectivity index (χ4v) is 11.1. The SMILES string of the molecule is c1ccc(-c2nc(-n3c4ccccc4c4ccc(-c5ccc6c(c5)c5ccccc5n6-c5ccccc5)cc43)nc3c2oc2ccc(-c4cccc(-n5c6ccccc6c6ccccc65)c4)cc23)cc1. The highest BCUT2D eigenvalue weighted by molar-refractivity contribution is 6.14. The van der Waals surface area contributed by atoms with Crippen LogP contribution < -0.4 is 0 Å². The number of fused-ring (bicyclic) bond motifs is 12. The minimum Gasteiger partial charge on any atom is -0.452 e. The monoisotopic (exact) mass is 893 g/mol. The van der Waals surface area contributed by atoms with Crippen LogP contribution in [0, 0.1) is 0 Å². The summed E-state index contributed by atoms with van der Waals surface area (Å²) in [5, 5.41) is 8.11. The third-order valence-electron chi connectivity index (χ3n) is 14.3. The first-order chi connectivity index (χ1) is 34.7. The third kappa shape index (κ3) is 5.74.